The number of carbonyl (C=O) groups is 1. The maximum atomic E-state index is 13.3. The van der Waals surface area contributed by atoms with E-state index in [1.165, 1.54) is 17.7 Å². The first-order valence-electron chi connectivity index (χ1n) is 8.39. The summed E-state index contributed by atoms with van der Waals surface area (Å²) in [6.07, 6.45) is 0. The smallest absolute Gasteiger partial charge is 0.258 e. The Bertz CT molecular complexity index is 776. The number of carbonyl (C=O) groups excluding carboxylic acids is 1. The number of halogens is 1. The molecule has 0 radical (unpaired) electrons. The lowest BCUT2D eigenvalue weighted by atomic mass is 10.0. The van der Waals surface area contributed by atoms with Crippen molar-refractivity contribution >= 4 is 5.91 Å². The summed E-state index contributed by atoms with van der Waals surface area (Å²) in [4.78, 5) is 11.7. The lowest BCUT2D eigenvalue weighted by molar-refractivity contribution is -0.122. The minimum atomic E-state index is -0.429. The number of rotatable bonds is 7. The zero-order valence-electron chi connectivity index (χ0n) is 14.9. The Hall–Kier alpha value is -3.00. The maximum absolute atomic E-state index is 13.3. The van der Waals surface area contributed by atoms with Crippen molar-refractivity contribution < 1.29 is 18.7 Å². The Morgan fingerprint density at radius 1 is 1.08 bits per heavy atom. The molecule has 0 saturated heterocycles. The second-order valence-electron chi connectivity index (χ2n) is 5.86. The number of hydrogen-bond acceptors (Lipinski definition) is 3. The van der Waals surface area contributed by atoms with Crippen LogP contribution in [0.5, 0.6) is 11.5 Å². The van der Waals surface area contributed by atoms with E-state index in [-0.39, 0.29) is 31.4 Å². The van der Waals surface area contributed by atoms with Crippen LogP contribution in [-0.4, -0.2) is 25.7 Å². The van der Waals surface area contributed by atoms with Crippen LogP contribution in [-0.2, 0) is 4.79 Å². The summed E-state index contributed by atoms with van der Waals surface area (Å²) >= 11 is 0. The van der Waals surface area contributed by atoms with Crippen LogP contribution in [0.4, 0.5) is 4.39 Å². The lowest BCUT2D eigenvalue weighted by Crippen LogP contribution is -2.29. The van der Waals surface area contributed by atoms with E-state index < -0.39 is 5.82 Å². The first kappa shape index (κ1) is 19.3. The molecule has 0 aliphatic rings. The standard InChI is InChI=1S/C21H22FNO3/c1-16(2)17-9-11-18(12-10-17)26-15-21(24)23-13-5-6-14-25-20-8-4-3-7-19(20)22/h3-4,7-12,16H,13-15H2,1-2H3,(H,23,24). The Morgan fingerprint density at radius 2 is 1.81 bits per heavy atom. The molecule has 0 bridgehead atoms. The normalized spacial score (nSPS) is 10.0. The third-order valence-electron chi connectivity index (χ3n) is 3.55. The minimum Gasteiger partial charge on any atom is -0.484 e. The van der Waals surface area contributed by atoms with Gasteiger partial charge in [0.15, 0.2) is 18.2 Å². The Balaban J connectivity index is 1.64. The predicted molar refractivity (Wildman–Crippen MR) is 98.7 cm³/mol. The molecule has 4 nitrogen and oxygen atoms in total. The van der Waals surface area contributed by atoms with Gasteiger partial charge in [0.1, 0.15) is 12.4 Å². The molecule has 136 valence electrons. The van der Waals surface area contributed by atoms with Crippen molar-refractivity contribution in [1.82, 2.24) is 5.32 Å². The fraction of sp³-hybridized carbons (Fsp3) is 0.286. The molecule has 1 N–H and O–H groups in total. The molecule has 1 amide bonds. The van der Waals surface area contributed by atoms with Gasteiger partial charge in [0, 0.05) is 0 Å². The van der Waals surface area contributed by atoms with E-state index in [1.54, 1.807) is 12.1 Å². The van der Waals surface area contributed by atoms with Crippen molar-refractivity contribution in [3.8, 4) is 23.3 Å². The second-order valence-corrected chi connectivity index (χ2v) is 5.86. The number of benzene rings is 2. The van der Waals surface area contributed by atoms with Crippen molar-refractivity contribution in [3.63, 3.8) is 0 Å². The molecule has 0 aliphatic carbocycles. The van der Waals surface area contributed by atoms with Crippen LogP contribution in [0.25, 0.3) is 0 Å². The predicted octanol–water partition coefficient (Wildman–Crippen LogP) is 3.53. The summed E-state index contributed by atoms with van der Waals surface area (Å²) < 4.78 is 23.9. The first-order valence-corrected chi connectivity index (χ1v) is 8.39. The molecule has 2 rings (SSSR count). The topological polar surface area (TPSA) is 47.6 Å². The average molecular weight is 355 g/mol. The molecule has 0 fully saturated rings. The van der Waals surface area contributed by atoms with Crippen molar-refractivity contribution in [3.05, 3.63) is 59.9 Å². The van der Waals surface area contributed by atoms with Crippen molar-refractivity contribution in [2.24, 2.45) is 0 Å². The number of nitrogens with one attached hydrogen (secondary N) is 1. The molecule has 2 aromatic rings. The molecule has 5 heteroatoms. The zero-order valence-corrected chi connectivity index (χ0v) is 14.9. The third kappa shape index (κ3) is 6.48. The number of amides is 1. The van der Waals surface area contributed by atoms with Crippen LogP contribution >= 0.6 is 0 Å². The van der Waals surface area contributed by atoms with Gasteiger partial charge in [-0.25, -0.2) is 4.39 Å². The number of para-hydroxylation sites is 1. The van der Waals surface area contributed by atoms with Gasteiger partial charge >= 0.3 is 0 Å². The molecule has 0 unspecified atom stereocenters. The van der Waals surface area contributed by atoms with E-state index in [4.69, 9.17) is 9.47 Å². The van der Waals surface area contributed by atoms with Crippen LogP contribution < -0.4 is 14.8 Å². The highest BCUT2D eigenvalue weighted by Gasteiger charge is 2.03. The van der Waals surface area contributed by atoms with Gasteiger partial charge in [-0.05, 0) is 35.7 Å². The summed E-state index contributed by atoms with van der Waals surface area (Å²) in [6.45, 7) is 4.39. The van der Waals surface area contributed by atoms with Gasteiger partial charge in [0.05, 0.1) is 6.54 Å². The van der Waals surface area contributed by atoms with Gasteiger partial charge in [-0.3, -0.25) is 4.79 Å². The fourth-order valence-corrected chi connectivity index (χ4v) is 2.08. The molecule has 2 aromatic carbocycles. The van der Waals surface area contributed by atoms with Gasteiger partial charge in [-0.2, -0.15) is 0 Å². The molecule has 0 aliphatic heterocycles. The highest BCUT2D eigenvalue weighted by Crippen LogP contribution is 2.18. The Labute approximate surface area is 153 Å². The third-order valence-corrected chi connectivity index (χ3v) is 3.55. The van der Waals surface area contributed by atoms with Crippen LogP contribution in [0.3, 0.4) is 0 Å². The molecule has 26 heavy (non-hydrogen) atoms. The van der Waals surface area contributed by atoms with Gasteiger partial charge in [-0.15, -0.1) is 0 Å². The summed E-state index contributed by atoms with van der Waals surface area (Å²) in [5, 5.41) is 2.63. The SMILES string of the molecule is CC(C)c1ccc(OCC(=O)NCC#CCOc2ccccc2F)cc1. The minimum absolute atomic E-state index is 0.0511. The van der Waals surface area contributed by atoms with Gasteiger partial charge in [0.2, 0.25) is 0 Å². The Morgan fingerprint density at radius 3 is 2.50 bits per heavy atom. The molecule has 0 atom stereocenters. The van der Waals surface area contributed by atoms with E-state index in [1.807, 2.05) is 24.3 Å². The van der Waals surface area contributed by atoms with E-state index in [0.717, 1.165) is 0 Å². The number of ether oxygens (including phenoxy) is 2. The zero-order chi connectivity index (χ0) is 18.8. The molecule has 0 aromatic heterocycles. The second kappa shape index (κ2) is 10.1. The van der Waals surface area contributed by atoms with Crippen LogP contribution in [0.15, 0.2) is 48.5 Å². The van der Waals surface area contributed by atoms with Crippen molar-refractivity contribution in [2.45, 2.75) is 19.8 Å². The van der Waals surface area contributed by atoms with E-state index >= 15 is 0 Å². The highest BCUT2D eigenvalue weighted by atomic mass is 19.1. The average Bonchev–Trinajstić information content (AvgIpc) is 2.64. The quantitative estimate of drug-likeness (QED) is 0.773. The fourth-order valence-electron chi connectivity index (χ4n) is 2.08. The molecule has 0 spiro atoms. The lowest BCUT2D eigenvalue weighted by Gasteiger charge is -2.08. The Kier molecular flexibility index (Phi) is 7.50. The van der Waals surface area contributed by atoms with Crippen molar-refractivity contribution in [2.75, 3.05) is 19.8 Å². The van der Waals surface area contributed by atoms with Gasteiger partial charge in [-0.1, -0.05) is 50.0 Å². The van der Waals surface area contributed by atoms with E-state index in [9.17, 15) is 9.18 Å². The van der Waals surface area contributed by atoms with Crippen LogP contribution in [0.2, 0.25) is 0 Å². The summed E-state index contributed by atoms with van der Waals surface area (Å²) in [5.41, 5.74) is 1.22. The molecular formula is C21H22FNO3. The highest BCUT2D eigenvalue weighted by molar-refractivity contribution is 5.77. The largest absolute Gasteiger partial charge is 0.484 e. The van der Waals surface area contributed by atoms with Gasteiger partial charge < -0.3 is 14.8 Å². The molecule has 0 heterocycles. The summed E-state index contributed by atoms with van der Waals surface area (Å²) in [5.74, 6) is 6.02. The summed E-state index contributed by atoms with van der Waals surface area (Å²) in [6, 6.07) is 13.8. The van der Waals surface area contributed by atoms with E-state index in [0.29, 0.717) is 11.7 Å². The van der Waals surface area contributed by atoms with Crippen LogP contribution in [0, 0.1) is 17.7 Å². The van der Waals surface area contributed by atoms with Crippen molar-refractivity contribution in [1.29, 1.82) is 0 Å². The first-order chi connectivity index (χ1) is 12.6. The van der Waals surface area contributed by atoms with E-state index in [2.05, 4.69) is 31.0 Å². The van der Waals surface area contributed by atoms with Crippen LogP contribution in [0.1, 0.15) is 25.3 Å². The van der Waals surface area contributed by atoms with Gasteiger partial charge in [0.25, 0.3) is 5.91 Å². The monoisotopic (exact) mass is 355 g/mol. The number of hydrogen-bond donors (Lipinski definition) is 1. The molecular weight excluding hydrogens is 333 g/mol. The maximum Gasteiger partial charge on any atom is 0.258 e. The molecule has 0 saturated carbocycles. The summed E-state index contributed by atoms with van der Waals surface area (Å²) in [7, 11) is 0.